The number of hydrogen-bond acceptors (Lipinski definition) is 1. The molecular formula is C13H16BrF2NO. The zero-order valence-corrected chi connectivity index (χ0v) is 11.9. The third kappa shape index (κ3) is 4.37. The van der Waals surface area contributed by atoms with E-state index in [0.717, 1.165) is 17.5 Å². The number of alkyl halides is 1. The normalized spacial score (nSPS) is 14.1. The van der Waals surface area contributed by atoms with E-state index in [1.165, 1.54) is 6.07 Å². The number of carbonyl (C=O) groups excluding carboxylic acids is 1. The highest BCUT2D eigenvalue weighted by Gasteiger charge is 2.14. The third-order valence-electron chi connectivity index (χ3n) is 2.83. The van der Waals surface area contributed by atoms with Crippen LogP contribution >= 0.6 is 15.9 Å². The number of carbonyl (C=O) groups is 1. The molecule has 0 saturated carbocycles. The van der Waals surface area contributed by atoms with E-state index in [-0.39, 0.29) is 18.4 Å². The van der Waals surface area contributed by atoms with Crippen molar-refractivity contribution in [2.75, 3.05) is 5.33 Å². The lowest BCUT2D eigenvalue weighted by Crippen LogP contribution is -2.38. The monoisotopic (exact) mass is 319 g/mol. The molecule has 2 unspecified atom stereocenters. The molecule has 0 radical (unpaired) electrons. The molecule has 2 atom stereocenters. The molecule has 1 rings (SSSR count). The molecule has 2 nitrogen and oxygen atoms in total. The van der Waals surface area contributed by atoms with E-state index >= 15 is 0 Å². The van der Waals surface area contributed by atoms with E-state index in [4.69, 9.17) is 0 Å². The predicted octanol–water partition coefficient (Wildman–Crippen LogP) is 3.04. The maximum atomic E-state index is 13.0. The van der Waals surface area contributed by atoms with Crippen LogP contribution < -0.4 is 5.32 Å². The van der Waals surface area contributed by atoms with Crippen LogP contribution in [0.2, 0.25) is 0 Å². The summed E-state index contributed by atoms with van der Waals surface area (Å²) in [7, 11) is 0. The quantitative estimate of drug-likeness (QED) is 0.830. The Kier molecular flexibility index (Phi) is 5.72. The van der Waals surface area contributed by atoms with Gasteiger partial charge < -0.3 is 5.32 Å². The summed E-state index contributed by atoms with van der Waals surface area (Å²) in [4.78, 5) is 11.7. The Hall–Kier alpha value is -0.970. The molecule has 1 N–H and O–H groups in total. The van der Waals surface area contributed by atoms with Gasteiger partial charge in [0.25, 0.3) is 0 Å². The molecule has 0 aliphatic heterocycles. The Morgan fingerprint density at radius 1 is 1.33 bits per heavy atom. The second kappa shape index (κ2) is 6.83. The first-order chi connectivity index (χ1) is 8.43. The highest BCUT2D eigenvalue weighted by atomic mass is 79.9. The topological polar surface area (TPSA) is 29.1 Å². The van der Waals surface area contributed by atoms with Gasteiger partial charge in [-0.05, 0) is 30.5 Å². The lowest BCUT2D eigenvalue weighted by atomic mass is 10.1. The van der Waals surface area contributed by atoms with Crippen molar-refractivity contribution in [2.24, 2.45) is 5.92 Å². The lowest BCUT2D eigenvalue weighted by Gasteiger charge is -2.19. The summed E-state index contributed by atoms with van der Waals surface area (Å²) in [6.45, 7) is 3.92. The summed E-state index contributed by atoms with van der Waals surface area (Å²) in [5, 5.41) is 3.62. The van der Waals surface area contributed by atoms with Gasteiger partial charge in [-0.2, -0.15) is 0 Å². The Bertz CT molecular complexity index is 425. The van der Waals surface area contributed by atoms with E-state index in [9.17, 15) is 13.6 Å². The van der Waals surface area contributed by atoms with Crippen molar-refractivity contribution in [1.29, 1.82) is 0 Å². The predicted molar refractivity (Wildman–Crippen MR) is 70.6 cm³/mol. The molecular weight excluding hydrogens is 304 g/mol. The lowest BCUT2D eigenvalue weighted by molar-refractivity contribution is -0.121. The van der Waals surface area contributed by atoms with Crippen molar-refractivity contribution in [3.8, 4) is 0 Å². The Morgan fingerprint density at radius 2 is 2.00 bits per heavy atom. The summed E-state index contributed by atoms with van der Waals surface area (Å²) < 4.78 is 25.7. The van der Waals surface area contributed by atoms with Crippen molar-refractivity contribution >= 4 is 21.8 Å². The zero-order valence-electron chi connectivity index (χ0n) is 10.3. The standard InChI is InChI=1S/C13H16BrF2NO/c1-8(7-14)9(2)17-13(18)6-10-3-4-11(15)12(16)5-10/h3-5,8-9H,6-7H2,1-2H3,(H,17,18). The van der Waals surface area contributed by atoms with E-state index < -0.39 is 11.6 Å². The molecule has 0 aromatic heterocycles. The first-order valence-corrected chi connectivity index (χ1v) is 6.85. The summed E-state index contributed by atoms with van der Waals surface area (Å²) in [5.74, 6) is -1.72. The summed E-state index contributed by atoms with van der Waals surface area (Å²) in [6, 6.07) is 3.52. The Balaban J connectivity index is 2.57. The summed E-state index contributed by atoms with van der Waals surface area (Å²) in [5.41, 5.74) is 0.463. The molecule has 0 fully saturated rings. The van der Waals surface area contributed by atoms with Crippen molar-refractivity contribution in [3.63, 3.8) is 0 Å². The second-order valence-electron chi connectivity index (χ2n) is 4.41. The SMILES string of the molecule is CC(CBr)C(C)NC(=O)Cc1ccc(F)c(F)c1. The van der Waals surface area contributed by atoms with Crippen LogP contribution in [0.3, 0.4) is 0 Å². The molecule has 0 bridgehead atoms. The number of rotatable bonds is 5. The van der Waals surface area contributed by atoms with Gasteiger partial charge in [-0.3, -0.25) is 4.79 Å². The average molecular weight is 320 g/mol. The van der Waals surface area contributed by atoms with Gasteiger partial charge in [0.05, 0.1) is 6.42 Å². The smallest absolute Gasteiger partial charge is 0.224 e. The first kappa shape index (κ1) is 15.1. The maximum absolute atomic E-state index is 13.0. The number of nitrogens with one attached hydrogen (secondary N) is 1. The summed E-state index contributed by atoms with van der Waals surface area (Å²) >= 11 is 3.35. The molecule has 0 spiro atoms. The van der Waals surface area contributed by atoms with Gasteiger partial charge in [-0.15, -0.1) is 0 Å². The first-order valence-electron chi connectivity index (χ1n) is 5.73. The fourth-order valence-corrected chi connectivity index (χ4v) is 1.98. The Morgan fingerprint density at radius 3 is 2.56 bits per heavy atom. The molecule has 0 aliphatic rings. The minimum Gasteiger partial charge on any atom is -0.353 e. The number of amides is 1. The second-order valence-corrected chi connectivity index (χ2v) is 5.06. The van der Waals surface area contributed by atoms with Crippen LogP contribution in [-0.4, -0.2) is 17.3 Å². The van der Waals surface area contributed by atoms with E-state index in [2.05, 4.69) is 21.2 Å². The van der Waals surface area contributed by atoms with Gasteiger partial charge in [0.2, 0.25) is 5.91 Å². The highest BCUT2D eigenvalue weighted by Crippen LogP contribution is 2.10. The molecule has 100 valence electrons. The molecule has 1 amide bonds. The van der Waals surface area contributed by atoms with Crippen LogP contribution in [0.15, 0.2) is 18.2 Å². The highest BCUT2D eigenvalue weighted by molar-refractivity contribution is 9.09. The van der Waals surface area contributed by atoms with Crippen molar-refractivity contribution in [3.05, 3.63) is 35.4 Å². The van der Waals surface area contributed by atoms with Crippen molar-refractivity contribution in [1.82, 2.24) is 5.32 Å². The van der Waals surface area contributed by atoms with E-state index in [0.29, 0.717) is 11.5 Å². The largest absolute Gasteiger partial charge is 0.353 e. The van der Waals surface area contributed by atoms with E-state index in [1.807, 2.05) is 13.8 Å². The van der Waals surface area contributed by atoms with Crippen LogP contribution in [0.4, 0.5) is 8.78 Å². The van der Waals surface area contributed by atoms with Gasteiger partial charge in [0.1, 0.15) is 0 Å². The van der Waals surface area contributed by atoms with Crippen LogP contribution in [0, 0.1) is 17.6 Å². The van der Waals surface area contributed by atoms with Crippen molar-refractivity contribution in [2.45, 2.75) is 26.3 Å². The molecule has 1 aromatic carbocycles. The molecule has 0 saturated heterocycles. The van der Waals surface area contributed by atoms with Gasteiger partial charge in [-0.25, -0.2) is 8.78 Å². The van der Waals surface area contributed by atoms with Crippen LogP contribution in [0.5, 0.6) is 0 Å². The average Bonchev–Trinajstić information content (AvgIpc) is 2.32. The van der Waals surface area contributed by atoms with Crippen molar-refractivity contribution < 1.29 is 13.6 Å². The van der Waals surface area contributed by atoms with Crippen LogP contribution in [0.25, 0.3) is 0 Å². The van der Waals surface area contributed by atoms with Gasteiger partial charge >= 0.3 is 0 Å². The fraction of sp³-hybridized carbons (Fsp3) is 0.462. The molecule has 18 heavy (non-hydrogen) atoms. The molecule has 1 aromatic rings. The fourth-order valence-electron chi connectivity index (χ4n) is 1.42. The van der Waals surface area contributed by atoms with E-state index in [1.54, 1.807) is 0 Å². The minimum atomic E-state index is -0.929. The summed E-state index contributed by atoms with van der Waals surface area (Å²) in [6.07, 6.45) is 0.0521. The zero-order chi connectivity index (χ0) is 13.7. The number of hydrogen-bond donors (Lipinski definition) is 1. The third-order valence-corrected chi connectivity index (χ3v) is 3.86. The number of halogens is 3. The van der Waals surface area contributed by atoms with Gasteiger partial charge in [-0.1, -0.05) is 28.9 Å². The molecule has 0 aliphatic carbocycles. The maximum Gasteiger partial charge on any atom is 0.224 e. The van der Waals surface area contributed by atoms with Gasteiger partial charge in [0.15, 0.2) is 11.6 Å². The Labute approximate surface area is 114 Å². The van der Waals surface area contributed by atoms with Gasteiger partial charge in [0, 0.05) is 11.4 Å². The molecule has 0 heterocycles. The van der Waals surface area contributed by atoms with Crippen LogP contribution in [0.1, 0.15) is 19.4 Å². The van der Waals surface area contributed by atoms with Crippen LogP contribution in [-0.2, 0) is 11.2 Å². The minimum absolute atomic E-state index is 0.0298. The number of benzene rings is 1. The molecule has 5 heteroatoms.